The van der Waals surface area contributed by atoms with E-state index in [0.29, 0.717) is 11.7 Å². The highest BCUT2D eigenvalue weighted by Gasteiger charge is 2.21. The Morgan fingerprint density at radius 3 is 2.84 bits per heavy atom. The first-order valence-electron chi connectivity index (χ1n) is 6.55. The molecule has 1 aromatic heterocycles. The fourth-order valence-corrected chi connectivity index (χ4v) is 2.70. The molecule has 0 spiro atoms. The van der Waals surface area contributed by atoms with Gasteiger partial charge in [0.1, 0.15) is 0 Å². The quantitative estimate of drug-likeness (QED) is 0.922. The van der Waals surface area contributed by atoms with Gasteiger partial charge in [-0.15, -0.1) is 0 Å². The fourth-order valence-electron chi connectivity index (χ4n) is 2.32. The van der Waals surface area contributed by atoms with Crippen LogP contribution < -0.4 is 5.32 Å². The zero-order valence-electron chi connectivity index (χ0n) is 10.8. The minimum atomic E-state index is 0.399. The molecule has 1 aromatic carbocycles. The first-order chi connectivity index (χ1) is 9.24. The molecular weight excluding hydrogens is 306 g/mol. The molecule has 0 unspecified atom stereocenters. The zero-order valence-corrected chi connectivity index (χ0v) is 12.4. The lowest BCUT2D eigenvalue weighted by Gasteiger charge is -2.18. The van der Waals surface area contributed by atoms with Crippen molar-refractivity contribution in [3.05, 3.63) is 34.1 Å². The minimum absolute atomic E-state index is 0.399. The van der Waals surface area contributed by atoms with E-state index < -0.39 is 0 Å². The molecule has 0 aliphatic carbocycles. The van der Waals surface area contributed by atoms with E-state index in [0.717, 1.165) is 41.9 Å². The van der Waals surface area contributed by atoms with E-state index in [2.05, 4.69) is 44.4 Å². The lowest BCUT2D eigenvalue weighted by molar-refractivity contribution is 0.320. The van der Waals surface area contributed by atoms with Crippen LogP contribution >= 0.6 is 15.9 Å². The van der Waals surface area contributed by atoms with Gasteiger partial charge in [-0.05, 0) is 44.5 Å². The van der Waals surface area contributed by atoms with Crippen LogP contribution in [0.15, 0.2) is 27.2 Å². The monoisotopic (exact) mass is 321 g/mol. The highest BCUT2D eigenvalue weighted by Crippen LogP contribution is 2.27. The maximum Gasteiger partial charge on any atom is 0.230 e. The predicted octanol–water partition coefficient (Wildman–Crippen LogP) is 3.27. The largest absolute Gasteiger partial charge is 0.339 e. The topological polar surface area (TPSA) is 51.0 Å². The van der Waals surface area contributed by atoms with E-state index in [4.69, 9.17) is 4.52 Å². The second-order valence-corrected chi connectivity index (χ2v) is 5.80. The smallest absolute Gasteiger partial charge is 0.230 e. The maximum absolute atomic E-state index is 5.42. The SMILES string of the molecule is Cc1ccc(-c2noc(C3CCNCC3)n2)cc1Br. The summed E-state index contributed by atoms with van der Waals surface area (Å²) >= 11 is 3.53. The molecule has 1 aliphatic rings. The molecule has 5 heteroatoms. The van der Waals surface area contributed by atoms with Crippen LogP contribution in [0.4, 0.5) is 0 Å². The van der Waals surface area contributed by atoms with Crippen LogP contribution in [-0.2, 0) is 0 Å². The van der Waals surface area contributed by atoms with Crippen LogP contribution in [0.25, 0.3) is 11.4 Å². The molecule has 1 aliphatic heterocycles. The van der Waals surface area contributed by atoms with Crippen molar-refractivity contribution in [3.63, 3.8) is 0 Å². The Balaban J connectivity index is 1.85. The first kappa shape index (κ1) is 12.8. The van der Waals surface area contributed by atoms with Gasteiger partial charge in [0.25, 0.3) is 0 Å². The Hall–Kier alpha value is -1.20. The van der Waals surface area contributed by atoms with Crippen LogP contribution in [0.1, 0.15) is 30.2 Å². The van der Waals surface area contributed by atoms with Gasteiger partial charge in [0, 0.05) is 16.0 Å². The third-order valence-electron chi connectivity index (χ3n) is 3.56. The zero-order chi connectivity index (χ0) is 13.2. The Kier molecular flexibility index (Phi) is 3.66. The summed E-state index contributed by atoms with van der Waals surface area (Å²) in [4.78, 5) is 4.55. The summed E-state index contributed by atoms with van der Waals surface area (Å²) in [5, 5.41) is 7.45. The third-order valence-corrected chi connectivity index (χ3v) is 4.41. The van der Waals surface area contributed by atoms with Crippen LogP contribution in [0, 0.1) is 6.92 Å². The number of rotatable bonds is 2. The van der Waals surface area contributed by atoms with Crippen molar-refractivity contribution in [1.29, 1.82) is 0 Å². The summed E-state index contributed by atoms with van der Waals surface area (Å²) in [6.45, 7) is 4.11. The van der Waals surface area contributed by atoms with Crippen LogP contribution in [-0.4, -0.2) is 23.2 Å². The molecule has 0 atom stereocenters. The van der Waals surface area contributed by atoms with Crippen molar-refractivity contribution in [1.82, 2.24) is 15.5 Å². The molecule has 1 N–H and O–H groups in total. The second-order valence-electron chi connectivity index (χ2n) is 4.94. The van der Waals surface area contributed by atoms with Gasteiger partial charge >= 0.3 is 0 Å². The van der Waals surface area contributed by atoms with Crippen molar-refractivity contribution in [2.75, 3.05) is 13.1 Å². The first-order valence-corrected chi connectivity index (χ1v) is 7.34. The van der Waals surface area contributed by atoms with Gasteiger partial charge in [-0.25, -0.2) is 0 Å². The molecule has 1 fully saturated rings. The number of benzene rings is 1. The average Bonchev–Trinajstić information content (AvgIpc) is 2.93. The van der Waals surface area contributed by atoms with E-state index >= 15 is 0 Å². The van der Waals surface area contributed by atoms with E-state index in [9.17, 15) is 0 Å². The molecule has 3 rings (SSSR count). The van der Waals surface area contributed by atoms with Gasteiger partial charge in [0.05, 0.1) is 0 Å². The predicted molar refractivity (Wildman–Crippen MR) is 77.0 cm³/mol. The van der Waals surface area contributed by atoms with Gasteiger partial charge in [-0.3, -0.25) is 0 Å². The minimum Gasteiger partial charge on any atom is -0.339 e. The van der Waals surface area contributed by atoms with Crippen molar-refractivity contribution >= 4 is 15.9 Å². The molecule has 2 aromatic rings. The van der Waals surface area contributed by atoms with Crippen LogP contribution in [0.5, 0.6) is 0 Å². The van der Waals surface area contributed by atoms with Crippen molar-refractivity contribution in [3.8, 4) is 11.4 Å². The number of aryl methyl sites for hydroxylation is 1. The highest BCUT2D eigenvalue weighted by atomic mass is 79.9. The standard InChI is InChI=1S/C14H16BrN3O/c1-9-2-3-11(8-12(9)15)13-17-14(19-18-13)10-4-6-16-7-5-10/h2-3,8,10,16H,4-7H2,1H3. The molecule has 100 valence electrons. The van der Waals surface area contributed by atoms with Crippen molar-refractivity contribution in [2.45, 2.75) is 25.7 Å². The molecular formula is C14H16BrN3O. The second kappa shape index (κ2) is 5.43. The molecule has 19 heavy (non-hydrogen) atoms. The van der Waals surface area contributed by atoms with Crippen LogP contribution in [0.2, 0.25) is 0 Å². The third kappa shape index (κ3) is 2.72. The normalized spacial score (nSPS) is 16.7. The molecule has 0 radical (unpaired) electrons. The number of aromatic nitrogens is 2. The van der Waals surface area contributed by atoms with E-state index in [1.807, 2.05) is 12.1 Å². The maximum atomic E-state index is 5.42. The number of halogens is 1. The number of hydrogen-bond donors (Lipinski definition) is 1. The van der Waals surface area contributed by atoms with E-state index in [1.165, 1.54) is 5.56 Å². The Bertz CT molecular complexity index is 576. The van der Waals surface area contributed by atoms with E-state index in [-0.39, 0.29) is 0 Å². The molecule has 0 amide bonds. The van der Waals surface area contributed by atoms with Gasteiger partial charge in [-0.1, -0.05) is 33.2 Å². The number of nitrogens with zero attached hydrogens (tertiary/aromatic N) is 2. The summed E-state index contributed by atoms with van der Waals surface area (Å²) in [7, 11) is 0. The highest BCUT2D eigenvalue weighted by molar-refractivity contribution is 9.10. The van der Waals surface area contributed by atoms with Gasteiger partial charge in [-0.2, -0.15) is 4.98 Å². The average molecular weight is 322 g/mol. The van der Waals surface area contributed by atoms with Crippen molar-refractivity contribution in [2.24, 2.45) is 0 Å². The lowest BCUT2D eigenvalue weighted by Crippen LogP contribution is -2.26. The van der Waals surface area contributed by atoms with E-state index in [1.54, 1.807) is 0 Å². The fraction of sp³-hybridized carbons (Fsp3) is 0.429. The Morgan fingerprint density at radius 1 is 1.32 bits per heavy atom. The van der Waals surface area contributed by atoms with Gasteiger partial charge in [0.2, 0.25) is 11.7 Å². The number of hydrogen-bond acceptors (Lipinski definition) is 4. The molecule has 1 saturated heterocycles. The van der Waals surface area contributed by atoms with Crippen molar-refractivity contribution < 1.29 is 4.52 Å². The lowest BCUT2D eigenvalue weighted by atomic mass is 9.98. The van der Waals surface area contributed by atoms with Crippen LogP contribution in [0.3, 0.4) is 0 Å². The van der Waals surface area contributed by atoms with Gasteiger partial charge < -0.3 is 9.84 Å². The molecule has 0 saturated carbocycles. The summed E-state index contributed by atoms with van der Waals surface area (Å²) in [5.41, 5.74) is 2.19. The van der Waals surface area contributed by atoms with Gasteiger partial charge in [0.15, 0.2) is 0 Å². The summed E-state index contributed by atoms with van der Waals surface area (Å²) in [6, 6.07) is 6.11. The summed E-state index contributed by atoms with van der Waals surface area (Å²) < 4.78 is 6.49. The molecule has 2 heterocycles. The Morgan fingerprint density at radius 2 is 2.11 bits per heavy atom. The number of nitrogens with one attached hydrogen (secondary N) is 1. The summed E-state index contributed by atoms with van der Waals surface area (Å²) in [6.07, 6.45) is 2.14. The number of piperidine rings is 1. The molecule has 0 bridgehead atoms. The molecule has 4 nitrogen and oxygen atoms in total. The summed E-state index contributed by atoms with van der Waals surface area (Å²) in [5.74, 6) is 1.85. The Labute approximate surface area is 120 Å².